The Morgan fingerprint density at radius 1 is 0.929 bits per heavy atom. The molecule has 0 amide bonds. The van der Waals surface area contributed by atoms with Crippen molar-refractivity contribution in [3.63, 3.8) is 0 Å². The number of ether oxygens (including phenoxy) is 1. The highest BCUT2D eigenvalue weighted by Crippen LogP contribution is 2.41. The minimum Gasteiger partial charge on any atom is -0.381 e. The summed E-state index contributed by atoms with van der Waals surface area (Å²) in [6.45, 7) is 7.62. The van der Waals surface area contributed by atoms with Crippen LogP contribution in [0.5, 0.6) is 0 Å². The van der Waals surface area contributed by atoms with Gasteiger partial charge in [0.2, 0.25) is 5.95 Å². The molecule has 2 saturated heterocycles. The van der Waals surface area contributed by atoms with Gasteiger partial charge in [0.1, 0.15) is 5.65 Å². The molecule has 0 N–H and O–H groups in total. The van der Waals surface area contributed by atoms with Crippen molar-refractivity contribution in [2.75, 3.05) is 44.3 Å². The van der Waals surface area contributed by atoms with Crippen LogP contribution in [0.4, 0.5) is 5.95 Å². The van der Waals surface area contributed by atoms with Crippen LogP contribution in [0.2, 0.25) is 0 Å². The number of hydrogen-bond acceptors (Lipinski definition) is 8. The molecule has 2 aliphatic heterocycles. The van der Waals surface area contributed by atoms with E-state index in [1.54, 1.807) is 0 Å². The van der Waals surface area contributed by atoms with Crippen molar-refractivity contribution in [3.05, 3.63) is 60.0 Å². The molecule has 1 atom stereocenters. The Bertz CT molecular complexity index is 1710. The number of fused-ring (bicyclic) bond motifs is 3. The van der Waals surface area contributed by atoms with Crippen LogP contribution >= 0.6 is 0 Å². The predicted molar refractivity (Wildman–Crippen MR) is 162 cm³/mol. The normalized spacial score (nSPS) is 19.6. The molecule has 10 heteroatoms. The summed E-state index contributed by atoms with van der Waals surface area (Å²) in [4.78, 5) is 20.3. The summed E-state index contributed by atoms with van der Waals surface area (Å²) in [5, 5.41) is 9.57. The summed E-state index contributed by atoms with van der Waals surface area (Å²) in [6.07, 6.45) is 8.63. The van der Waals surface area contributed by atoms with E-state index in [0.717, 1.165) is 103 Å². The summed E-state index contributed by atoms with van der Waals surface area (Å²) < 4.78 is 10.1. The third-order valence-electron chi connectivity index (χ3n) is 9.43. The molecule has 1 saturated carbocycles. The molecule has 1 aliphatic carbocycles. The van der Waals surface area contributed by atoms with Gasteiger partial charge in [-0.25, -0.2) is 9.67 Å². The molecule has 1 unspecified atom stereocenters. The third-order valence-corrected chi connectivity index (χ3v) is 9.43. The van der Waals surface area contributed by atoms with Crippen molar-refractivity contribution in [1.29, 1.82) is 0 Å². The van der Waals surface area contributed by atoms with Crippen LogP contribution in [0.1, 0.15) is 43.0 Å². The molecule has 0 spiro atoms. The first-order valence-corrected chi connectivity index (χ1v) is 15.3. The van der Waals surface area contributed by atoms with Gasteiger partial charge in [-0.15, -0.1) is 5.10 Å². The van der Waals surface area contributed by atoms with E-state index in [1.165, 1.54) is 18.4 Å². The van der Waals surface area contributed by atoms with Gasteiger partial charge in [-0.2, -0.15) is 4.98 Å². The second-order valence-electron chi connectivity index (χ2n) is 12.1. The predicted octanol–water partition coefficient (Wildman–Crippen LogP) is 4.38. The lowest BCUT2D eigenvalue weighted by Crippen LogP contribution is -2.47. The van der Waals surface area contributed by atoms with Crippen LogP contribution < -0.4 is 4.90 Å². The van der Waals surface area contributed by atoms with E-state index in [1.807, 2.05) is 31.0 Å². The van der Waals surface area contributed by atoms with Crippen molar-refractivity contribution in [2.45, 2.75) is 44.7 Å². The summed E-state index contributed by atoms with van der Waals surface area (Å²) >= 11 is 0. The van der Waals surface area contributed by atoms with E-state index in [2.05, 4.69) is 61.1 Å². The van der Waals surface area contributed by atoms with Gasteiger partial charge >= 0.3 is 0 Å². The lowest BCUT2D eigenvalue weighted by Gasteiger charge is -2.35. The van der Waals surface area contributed by atoms with Crippen molar-refractivity contribution < 1.29 is 4.74 Å². The lowest BCUT2D eigenvalue weighted by atomic mass is 9.86. The molecule has 42 heavy (non-hydrogen) atoms. The summed E-state index contributed by atoms with van der Waals surface area (Å²) in [6, 6.07) is 14.0. The summed E-state index contributed by atoms with van der Waals surface area (Å²) in [5.41, 5.74) is 7.09. The molecular formula is C32H37N9O. The SMILES string of the molecule is Cc1nnn(C)c1-c1cnc2c3cnc(N4CCN(C5CC5)CC4)nc3n(C(c3ccccc3)C3CCOCC3)c2c1. The Morgan fingerprint density at radius 2 is 1.71 bits per heavy atom. The zero-order chi connectivity index (χ0) is 28.2. The van der Waals surface area contributed by atoms with Crippen LogP contribution in [-0.4, -0.2) is 84.8 Å². The van der Waals surface area contributed by atoms with E-state index in [0.29, 0.717) is 5.92 Å². The van der Waals surface area contributed by atoms with Crippen molar-refractivity contribution in [3.8, 4) is 11.3 Å². The standard InChI is InChI=1S/C32H37N9O/c1-21-29(38(2)37-36-21)24-18-27-28(33-19-24)26-20-34-32(40-14-12-39(13-15-40)25-8-9-25)35-31(26)41(27)30(22-6-4-3-5-7-22)23-10-16-42-17-11-23/h3-7,18-20,23,25,30H,8-17H2,1-2H3. The number of pyridine rings is 1. The maximum absolute atomic E-state index is 5.83. The van der Waals surface area contributed by atoms with Crippen LogP contribution in [-0.2, 0) is 11.8 Å². The van der Waals surface area contributed by atoms with Gasteiger partial charge in [-0.05, 0) is 50.2 Å². The molecule has 0 bridgehead atoms. The first kappa shape index (κ1) is 25.8. The highest BCUT2D eigenvalue weighted by atomic mass is 16.5. The largest absolute Gasteiger partial charge is 0.381 e. The van der Waals surface area contributed by atoms with Gasteiger partial charge in [0.05, 0.1) is 33.8 Å². The fourth-order valence-electron chi connectivity index (χ4n) is 7.13. The molecule has 6 heterocycles. The highest BCUT2D eigenvalue weighted by Gasteiger charge is 2.33. The Balaban J connectivity index is 1.33. The topological polar surface area (TPSA) is 90.0 Å². The van der Waals surface area contributed by atoms with Gasteiger partial charge in [-0.1, -0.05) is 35.5 Å². The molecule has 1 aromatic carbocycles. The average molecular weight is 564 g/mol. The number of piperazine rings is 1. The number of aryl methyl sites for hydroxylation is 2. The Kier molecular flexibility index (Phi) is 6.41. The minimum atomic E-state index is 0.0902. The quantitative estimate of drug-likeness (QED) is 0.301. The molecular weight excluding hydrogens is 526 g/mol. The minimum absolute atomic E-state index is 0.0902. The van der Waals surface area contributed by atoms with Gasteiger partial charge in [0.25, 0.3) is 0 Å². The molecule has 3 fully saturated rings. The zero-order valence-electron chi connectivity index (χ0n) is 24.4. The molecule has 10 nitrogen and oxygen atoms in total. The second kappa shape index (κ2) is 10.4. The number of nitrogens with zero attached hydrogens (tertiary/aromatic N) is 9. The van der Waals surface area contributed by atoms with Crippen molar-refractivity contribution >= 4 is 28.0 Å². The second-order valence-corrected chi connectivity index (χ2v) is 12.1. The van der Waals surface area contributed by atoms with Gasteiger partial charge in [0, 0.05) is 70.4 Å². The maximum atomic E-state index is 5.83. The van der Waals surface area contributed by atoms with Gasteiger partial charge in [-0.3, -0.25) is 9.88 Å². The van der Waals surface area contributed by atoms with Crippen molar-refractivity contribution in [2.24, 2.45) is 13.0 Å². The number of rotatable bonds is 6. The average Bonchev–Trinajstić information content (AvgIpc) is 3.78. The van der Waals surface area contributed by atoms with Crippen LogP contribution in [0, 0.1) is 12.8 Å². The molecule has 8 rings (SSSR count). The molecule has 0 radical (unpaired) electrons. The number of anilines is 1. The Morgan fingerprint density at radius 3 is 2.43 bits per heavy atom. The summed E-state index contributed by atoms with van der Waals surface area (Å²) in [5.74, 6) is 1.22. The Labute approximate surface area is 245 Å². The molecule has 3 aliphatic rings. The first-order chi connectivity index (χ1) is 20.7. The first-order valence-electron chi connectivity index (χ1n) is 15.3. The fourth-order valence-corrected chi connectivity index (χ4v) is 7.13. The van der Waals surface area contributed by atoms with Crippen molar-refractivity contribution in [1.82, 2.24) is 39.4 Å². The molecule has 5 aromatic rings. The molecule has 4 aromatic heterocycles. The van der Waals surface area contributed by atoms with E-state index in [4.69, 9.17) is 19.7 Å². The van der Waals surface area contributed by atoms with Crippen LogP contribution in [0.25, 0.3) is 33.3 Å². The maximum Gasteiger partial charge on any atom is 0.227 e. The highest BCUT2D eigenvalue weighted by molar-refractivity contribution is 6.05. The summed E-state index contributed by atoms with van der Waals surface area (Å²) in [7, 11) is 1.94. The molecule has 216 valence electrons. The zero-order valence-corrected chi connectivity index (χ0v) is 24.4. The number of hydrogen-bond donors (Lipinski definition) is 0. The van der Waals surface area contributed by atoms with E-state index >= 15 is 0 Å². The van der Waals surface area contributed by atoms with E-state index in [9.17, 15) is 0 Å². The Hall–Kier alpha value is -3.89. The number of benzene rings is 1. The van der Waals surface area contributed by atoms with E-state index in [-0.39, 0.29) is 6.04 Å². The van der Waals surface area contributed by atoms with Gasteiger partial charge < -0.3 is 14.2 Å². The lowest BCUT2D eigenvalue weighted by molar-refractivity contribution is 0.0552. The smallest absolute Gasteiger partial charge is 0.227 e. The van der Waals surface area contributed by atoms with E-state index < -0.39 is 0 Å². The third kappa shape index (κ3) is 4.44. The monoisotopic (exact) mass is 563 g/mol. The van der Waals surface area contributed by atoms with Gasteiger partial charge in [0.15, 0.2) is 0 Å². The van der Waals surface area contributed by atoms with Crippen LogP contribution in [0.3, 0.4) is 0 Å². The number of aromatic nitrogens is 7. The van der Waals surface area contributed by atoms with Crippen LogP contribution in [0.15, 0.2) is 48.8 Å². The fraction of sp³-hybridized carbons (Fsp3) is 0.469.